The molecule has 0 amide bonds. The molecule has 0 aliphatic rings. The van der Waals surface area contributed by atoms with Gasteiger partial charge in [0.15, 0.2) is 0 Å². The molecule has 0 saturated heterocycles. The molecular weight excluding hydrogens is 182 g/mol. The van der Waals surface area contributed by atoms with Gasteiger partial charge in [-0.2, -0.15) is 0 Å². The van der Waals surface area contributed by atoms with Crippen molar-refractivity contribution in [2.75, 3.05) is 0 Å². The van der Waals surface area contributed by atoms with Gasteiger partial charge in [-0.05, 0) is 0 Å². The molecule has 0 heterocycles. The van der Waals surface area contributed by atoms with Gasteiger partial charge in [-0.15, -0.1) is 0 Å². The van der Waals surface area contributed by atoms with E-state index in [1.54, 1.807) is 0 Å². The van der Waals surface area contributed by atoms with E-state index in [0.29, 0.717) is 0 Å². The summed E-state index contributed by atoms with van der Waals surface area (Å²) in [7, 11) is 0. The van der Waals surface area contributed by atoms with Crippen molar-refractivity contribution in [2.24, 2.45) is 0 Å². The minimum atomic E-state index is 0. The van der Waals surface area contributed by atoms with Crippen molar-refractivity contribution in [1.82, 2.24) is 0 Å². The Morgan fingerprint density at radius 3 is 0.750 bits per heavy atom. The fourth-order valence-corrected chi connectivity index (χ4v) is 0. The van der Waals surface area contributed by atoms with Gasteiger partial charge in [0.1, 0.15) is 0 Å². The van der Waals surface area contributed by atoms with E-state index in [1.165, 1.54) is 0 Å². The van der Waals surface area contributed by atoms with Crippen LogP contribution in [0.15, 0.2) is 0 Å². The molecule has 0 aromatic rings. The Morgan fingerprint density at radius 1 is 0.750 bits per heavy atom. The quantitative estimate of drug-likeness (QED) is 0.279. The van der Waals surface area contributed by atoms with Crippen molar-refractivity contribution in [3.8, 4) is 0 Å². The fourth-order valence-electron chi connectivity index (χ4n) is 0. The summed E-state index contributed by atoms with van der Waals surface area (Å²) in [4.78, 5) is 0. The SMILES string of the molecule is [IH2+].[Na+].[OH-].[OH-]. The van der Waals surface area contributed by atoms with Crippen LogP contribution in [0.2, 0.25) is 0 Å². The van der Waals surface area contributed by atoms with E-state index in [2.05, 4.69) is 0 Å². The van der Waals surface area contributed by atoms with Gasteiger partial charge >= 0.3 is 29.6 Å². The van der Waals surface area contributed by atoms with E-state index >= 15 is 0 Å². The van der Waals surface area contributed by atoms with Gasteiger partial charge in [0.25, 0.3) is 0 Å². The van der Waals surface area contributed by atoms with Crippen molar-refractivity contribution in [1.29, 1.82) is 0 Å². The van der Waals surface area contributed by atoms with E-state index in [0.717, 1.165) is 0 Å². The topological polar surface area (TPSA) is 60.0 Å². The molecule has 0 unspecified atom stereocenters. The van der Waals surface area contributed by atoms with Crippen LogP contribution in [0, 0.1) is 0 Å². The Balaban J connectivity index is 0. The third kappa shape index (κ3) is 9.41. The molecule has 0 aromatic heterocycles. The van der Waals surface area contributed by atoms with Gasteiger partial charge in [-0.1, -0.05) is 0 Å². The summed E-state index contributed by atoms with van der Waals surface area (Å²) in [6.07, 6.45) is 0. The second kappa shape index (κ2) is 22.8. The number of hydrogen-bond acceptors (Lipinski definition) is 2. The molecule has 0 saturated carbocycles. The third-order valence-electron chi connectivity index (χ3n) is 0. The van der Waals surface area contributed by atoms with Crippen LogP contribution in [0.5, 0.6) is 0 Å². The maximum Gasteiger partial charge on any atom is 1.00 e. The van der Waals surface area contributed by atoms with Crippen LogP contribution in [-0.4, -0.2) is 11.0 Å². The molecule has 0 aliphatic carbocycles. The molecule has 2 nitrogen and oxygen atoms in total. The van der Waals surface area contributed by atoms with Crippen molar-refractivity contribution in [3.63, 3.8) is 0 Å². The third-order valence-corrected chi connectivity index (χ3v) is 0. The zero-order valence-electron chi connectivity index (χ0n) is 2.34. The molecule has 24 valence electrons. The monoisotopic (exact) mass is 186 g/mol. The number of rotatable bonds is 0. The smallest absolute Gasteiger partial charge is 0.870 e. The maximum atomic E-state index is 0. The Kier molecular flexibility index (Phi) is 255. The van der Waals surface area contributed by atoms with Crippen LogP contribution in [0.4, 0.5) is 0 Å². The van der Waals surface area contributed by atoms with Crippen LogP contribution in [-0.2, 0) is 0 Å². The first kappa shape index (κ1) is 44.9. The standard InChI is InChI=1S/H2I.Na.2H2O/h1H2;;2*1H2/q2*+1;;/p-2. The van der Waals surface area contributed by atoms with Crippen LogP contribution in [0.25, 0.3) is 0 Å². The van der Waals surface area contributed by atoms with E-state index in [1.807, 2.05) is 0 Å². The van der Waals surface area contributed by atoms with Crippen LogP contribution in [0.3, 0.4) is 0 Å². The van der Waals surface area contributed by atoms with Crippen molar-refractivity contribution in [3.05, 3.63) is 0 Å². The molecule has 2 N–H and O–H groups in total. The second-order valence-corrected chi connectivity index (χ2v) is 0. The van der Waals surface area contributed by atoms with Gasteiger partial charge in [0.05, 0.1) is 0 Å². The van der Waals surface area contributed by atoms with Crippen LogP contribution >= 0.6 is 0 Å². The average molecular weight is 186 g/mol. The molecule has 0 fully saturated rings. The van der Waals surface area contributed by atoms with Gasteiger partial charge in [0, 0.05) is 0 Å². The molecule has 4 heavy (non-hydrogen) atoms. The zero-order chi connectivity index (χ0) is 0. The van der Waals surface area contributed by atoms with Gasteiger partial charge < -0.3 is 11.0 Å². The van der Waals surface area contributed by atoms with Crippen LogP contribution < -0.4 is 53.5 Å². The molecule has 0 rings (SSSR count). The summed E-state index contributed by atoms with van der Waals surface area (Å²) in [5, 5.41) is 0. The number of halogens is 1. The first-order chi connectivity index (χ1) is 0. The molecule has 0 spiro atoms. The molecule has 0 aromatic carbocycles. The Bertz CT molecular complexity index is 6.00. The average Bonchev–Trinajstić information content (AvgIpc) is 0. The van der Waals surface area contributed by atoms with Crippen molar-refractivity contribution in [2.45, 2.75) is 0 Å². The van der Waals surface area contributed by atoms with Crippen molar-refractivity contribution < 1.29 is 64.5 Å². The second-order valence-electron chi connectivity index (χ2n) is 0. The zero-order valence-corrected chi connectivity index (χ0v) is 6.89. The van der Waals surface area contributed by atoms with Crippen molar-refractivity contribution >= 4 is 0 Å². The normalized spacial score (nSPS) is 0. The Hall–Kier alpha value is 1.65. The summed E-state index contributed by atoms with van der Waals surface area (Å²) in [5.74, 6) is 0. The summed E-state index contributed by atoms with van der Waals surface area (Å²) in [6.45, 7) is 0. The summed E-state index contributed by atoms with van der Waals surface area (Å²) in [5.41, 5.74) is 0. The van der Waals surface area contributed by atoms with Gasteiger partial charge in [-0.3, -0.25) is 0 Å². The minimum Gasteiger partial charge on any atom is -0.870 e. The van der Waals surface area contributed by atoms with Gasteiger partial charge in [0.2, 0.25) is 24.0 Å². The largest absolute Gasteiger partial charge is 1.00 e. The molecule has 0 aliphatic heterocycles. The van der Waals surface area contributed by atoms with E-state index in [4.69, 9.17) is 0 Å². The molecule has 4 heteroatoms. The summed E-state index contributed by atoms with van der Waals surface area (Å²) in [6, 6.07) is 0. The molecule has 0 bridgehead atoms. The van der Waals surface area contributed by atoms with E-state index in [-0.39, 0.29) is 64.5 Å². The predicted molar refractivity (Wildman–Crippen MR) is 6.66 cm³/mol. The number of hydrogen-bond donors (Lipinski definition) is 0. The van der Waals surface area contributed by atoms with E-state index in [9.17, 15) is 0 Å². The molecule has 0 radical (unpaired) electrons. The summed E-state index contributed by atoms with van der Waals surface area (Å²) >= 11 is 0. The van der Waals surface area contributed by atoms with Crippen LogP contribution in [0.1, 0.15) is 0 Å². The molecule has 0 atom stereocenters. The Morgan fingerprint density at radius 2 is 0.750 bits per heavy atom. The predicted octanol–water partition coefficient (Wildman–Crippen LogP) is -6.88. The maximum absolute atomic E-state index is 0. The first-order valence-electron chi connectivity index (χ1n) is 0. The molecular formula is H4INaO2. The first-order valence-corrected chi connectivity index (χ1v) is 0. The van der Waals surface area contributed by atoms with Gasteiger partial charge in [-0.25, -0.2) is 0 Å². The Labute approximate surface area is 63.9 Å². The minimum absolute atomic E-state index is 0. The summed E-state index contributed by atoms with van der Waals surface area (Å²) < 4.78 is 0. The van der Waals surface area contributed by atoms with E-state index < -0.39 is 0 Å². The fraction of sp³-hybridized carbons (Fsp3) is 0.